The summed E-state index contributed by atoms with van der Waals surface area (Å²) < 4.78 is 2.01. The summed E-state index contributed by atoms with van der Waals surface area (Å²) in [6, 6.07) is 8.07. The van der Waals surface area contributed by atoms with Gasteiger partial charge in [-0.25, -0.2) is 9.78 Å². The highest BCUT2D eigenvalue weighted by molar-refractivity contribution is 5.74. The number of carbonyl (C=O) groups is 1. The lowest BCUT2D eigenvalue weighted by Crippen LogP contribution is -2.46. The number of aromatic nitrogens is 2. The van der Waals surface area contributed by atoms with Gasteiger partial charge in [0.2, 0.25) is 0 Å². The molecule has 1 fully saturated rings. The van der Waals surface area contributed by atoms with Crippen LogP contribution >= 0.6 is 0 Å². The van der Waals surface area contributed by atoms with Crippen molar-refractivity contribution in [2.24, 2.45) is 0 Å². The third-order valence-corrected chi connectivity index (χ3v) is 4.07. The number of hydrogen-bond donors (Lipinski definition) is 2. The SMILES string of the molecule is O=C(NCc1ccc(Cn2ccnc2)cc1)N1CCCC(O)C1. The van der Waals surface area contributed by atoms with E-state index in [9.17, 15) is 9.90 Å². The van der Waals surface area contributed by atoms with Crippen molar-refractivity contribution < 1.29 is 9.90 Å². The number of aliphatic hydroxyl groups is 1. The second-order valence-corrected chi connectivity index (χ2v) is 5.95. The number of urea groups is 1. The fourth-order valence-corrected chi connectivity index (χ4v) is 2.78. The second kappa shape index (κ2) is 7.28. The third-order valence-electron chi connectivity index (χ3n) is 4.07. The van der Waals surface area contributed by atoms with Crippen molar-refractivity contribution in [3.63, 3.8) is 0 Å². The first-order valence-electron chi connectivity index (χ1n) is 7.95. The molecule has 0 spiro atoms. The lowest BCUT2D eigenvalue weighted by molar-refractivity contribution is 0.0842. The van der Waals surface area contributed by atoms with E-state index < -0.39 is 6.10 Å². The number of carbonyl (C=O) groups excluding carboxylic acids is 1. The first-order valence-corrected chi connectivity index (χ1v) is 7.95. The highest BCUT2D eigenvalue weighted by atomic mass is 16.3. The Hall–Kier alpha value is -2.34. The van der Waals surface area contributed by atoms with Crippen molar-refractivity contribution >= 4 is 6.03 Å². The van der Waals surface area contributed by atoms with Gasteiger partial charge in [0.05, 0.1) is 12.4 Å². The number of nitrogens with zero attached hydrogens (tertiary/aromatic N) is 3. The Morgan fingerprint density at radius 3 is 2.78 bits per heavy atom. The molecule has 2 heterocycles. The van der Waals surface area contributed by atoms with Crippen molar-refractivity contribution in [2.75, 3.05) is 13.1 Å². The minimum atomic E-state index is -0.392. The average molecular weight is 314 g/mol. The molecule has 122 valence electrons. The quantitative estimate of drug-likeness (QED) is 0.900. The first-order chi connectivity index (χ1) is 11.2. The van der Waals surface area contributed by atoms with Crippen LogP contribution in [0, 0.1) is 0 Å². The number of nitrogens with one attached hydrogen (secondary N) is 1. The van der Waals surface area contributed by atoms with Gasteiger partial charge in [-0.3, -0.25) is 0 Å². The molecule has 1 aromatic carbocycles. The molecule has 1 atom stereocenters. The van der Waals surface area contributed by atoms with Crippen molar-refractivity contribution in [3.05, 3.63) is 54.1 Å². The van der Waals surface area contributed by atoms with E-state index in [1.54, 1.807) is 17.4 Å². The number of β-amino-alcohol motifs (C(OH)–C–C–N with tert-alkyl or cyclic N) is 1. The van der Waals surface area contributed by atoms with Crippen LogP contribution < -0.4 is 5.32 Å². The van der Waals surface area contributed by atoms with Crippen LogP contribution in [0.15, 0.2) is 43.0 Å². The molecule has 1 aromatic heterocycles. The Labute approximate surface area is 135 Å². The summed E-state index contributed by atoms with van der Waals surface area (Å²) in [4.78, 5) is 17.8. The summed E-state index contributed by atoms with van der Waals surface area (Å²) in [5, 5.41) is 12.5. The highest BCUT2D eigenvalue weighted by Gasteiger charge is 2.21. The molecule has 23 heavy (non-hydrogen) atoms. The molecule has 1 saturated heterocycles. The van der Waals surface area contributed by atoms with Crippen LogP contribution in [0.4, 0.5) is 4.79 Å². The van der Waals surface area contributed by atoms with Gasteiger partial charge in [-0.1, -0.05) is 24.3 Å². The van der Waals surface area contributed by atoms with Crippen LogP contribution in [0.25, 0.3) is 0 Å². The Kier molecular flexibility index (Phi) is 4.92. The molecule has 1 aliphatic rings. The van der Waals surface area contributed by atoms with E-state index in [2.05, 4.69) is 22.4 Å². The monoisotopic (exact) mass is 314 g/mol. The molecule has 3 rings (SSSR count). The number of aliphatic hydroxyl groups excluding tert-OH is 1. The molecule has 0 saturated carbocycles. The number of likely N-dealkylation sites (tertiary alicyclic amines) is 1. The number of imidazole rings is 1. The van der Waals surface area contributed by atoms with Crippen molar-refractivity contribution in [2.45, 2.75) is 32.0 Å². The summed E-state index contributed by atoms with van der Waals surface area (Å²) in [6.45, 7) is 2.43. The minimum Gasteiger partial charge on any atom is -0.391 e. The fraction of sp³-hybridized carbons (Fsp3) is 0.412. The molecule has 1 aliphatic heterocycles. The average Bonchev–Trinajstić information content (AvgIpc) is 3.07. The Morgan fingerprint density at radius 2 is 2.09 bits per heavy atom. The molecule has 1 unspecified atom stereocenters. The fourth-order valence-electron chi connectivity index (χ4n) is 2.78. The first kappa shape index (κ1) is 15.6. The van der Waals surface area contributed by atoms with Gasteiger partial charge in [0, 0.05) is 38.6 Å². The summed E-state index contributed by atoms with van der Waals surface area (Å²) in [5.74, 6) is 0. The van der Waals surface area contributed by atoms with E-state index >= 15 is 0 Å². The van der Waals surface area contributed by atoms with E-state index in [1.165, 1.54) is 5.56 Å². The maximum absolute atomic E-state index is 12.1. The maximum atomic E-state index is 12.1. The molecule has 6 heteroatoms. The molecular formula is C17H22N4O2. The molecule has 6 nitrogen and oxygen atoms in total. The van der Waals surface area contributed by atoms with E-state index in [1.807, 2.05) is 22.9 Å². The number of benzene rings is 1. The van der Waals surface area contributed by atoms with Crippen LogP contribution in [-0.4, -0.2) is 44.8 Å². The molecule has 0 aliphatic carbocycles. The number of rotatable bonds is 4. The van der Waals surface area contributed by atoms with Gasteiger partial charge in [-0.05, 0) is 24.0 Å². The zero-order valence-electron chi connectivity index (χ0n) is 13.1. The minimum absolute atomic E-state index is 0.105. The number of hydrogen-bond acceptors (Lipinski definition) is 3. The van der Waals surface area contributed by atoms with E-state index in [0.29, 0.717) is 19.6 Å². The summed E-state index contributed by atoms with van der Waals surface area (Å²) in [5.41, 5.74) is 2.25. The van der Waals surface area contributed by atoms with Crippen LogP contribution in [-0.2, 0) is 13.1 Å². The number of piperidine rings is 1. The van der Waals surface area contributed by atoms with E-state index in [0.717, 1.165) is 24.9 Å². The zero-order valence-corrected chi connectivity index (χ0v) is 13.1. The Morgan fingerprint density at radius 1 is 1.30 bits per heavy atom. The van der Waals surface area contributed by atoms with E-state index in [4.69, 9.17) is 0 Å². The molecule has 2 aromatic rings. The van der Waals surface area contributed by atoms with Crippen molar-refractivity contribution in [1.82, 2.24) is 19.8 Å². The van der Waals surface area contributed by atoms with Crippen molar-refractivity contribution in [1.29, 1.82) is 0 Å². The Bertz CT molecular complexity index is 625. The topological polar surface area (TPSA) is 70.4 Å². The highest BCUT2D eigenvalue weighted by Crippen LogP contribution is 2.10. The zero-order chi connectivity index (χ0) is 16.1. The summed E-state index contributed by atoms with van der Waals surface area (Å²) in [7, 11) is 0. The summed E-state index contributed by atoms with van der Waals surface area (Å²) in [6.07, 6.45) is 6.74. The lowest BCUT2D eigenvalue weighted by Gasteiger charge is -2.30. The molecule has 2 amide bonds. The Balaban J connectivity index is 1.49. The molecule has 2 N–H and O–H groups in total. The normalized spacial score (nSPS) is 18.0. The summed E-state index contributed by atoms with van der Waals surface area (Å²) >= 11 is 0. The van der Waals surface area contributed by atoms with Crippen LogP contribution in [0.2, 0.25) is 0 Å². The lowest BCUT2D eigenvalue weighted by atomic mass is 10.1. The van der Waals surface area contributed by atoms with Crippen LogP contribution in [0.5, 0.6) is 0 Å². The predicted octanol–water partition coefficient (Wildman–Crippen LogP) is 1.60. The van der Waals surface area contributed by atoms with E-state index in [-0.39, 0.29) is 6.03 Å². The van der Waals surface area contributed by atoms with Crippen LogP contribution in [0.1, 0.15) is 24.0 Å². The van der Waals surface area contributed by atoms with Gasteiger partial charge in [0.25, 0.3) is 0 Å². The maximum Gasteiger partial charge on any atom is 0.317 e. The smallest absolute Gasteiger partial charge is 0.317 e. The molecular weight excluding hydrogens is 292 g/mol. The predicted molar refractivity (Wildman–Crippen MR) is 86.8 cm³/mol. The third kappa shape index (κ3) is 4.32. The molecule has 0 radical (unpaired) electrons. The number of amides is 2. The van der Waals surface area contributed by atoms with Gasteiger partial charge in [-0.2, -0.15) is 0 Å². The van der Waals surface area contributed by atoms with Crippen molar-refractivity contribution in [3.8, 4) is 0 Å². The van der Waals surface area contributed by atoms with Gasteiger partial charge >= 0.3 is 6.03 Å². The second-order valence-electron chi connectivity index (χ2n) is 5.95. The van der Waals surface area contributed by atoms with Gasteiger partial charge in [0.15, 0.2) is 0 Å². The van der Waals surface area contributed by atoms with Gasteiger partial charge in [0.1, 0.15) is 0 Å². The van der Waals surface area contributed by atoms with Gasteiger partial charge < -0.3 is 19.9 Å². The largest absolute Gasteiger partial charge is 0.391 e. The van der Waals surface area contributed by atoms with Crippen LogP contribution in [0.3, 0.4) is 0 Å². The van der Waals surface area contributed by atoms with Gasteiger partial charge in [-0.15, -0.1) is 0 Å². The standard InChI is InChI=1S/C17H22N4O2/c22-16-2-1-8-21(12-16)17(23)19-10-14-3-5-15(6-4-14)11-20-9-7-18-13-20/h3-7,9,13,16,22H,1-2,8,10-12H2,(H,19,23). The molecule has 0 bridgehead atoms.